The molecule has 1 aliphatic heterocycles. The highest BCUT2D eigenvalue weighted by molar-refractivity contribution is 7.90. The standard InChI is InChI=1S/C19H21ClFN5O2S/c1-29(27,28)14-4-5-17-18(8-14)26(10-13-3-2-12(20)9-23-13)19(24-17)25-7-6-15(21)16(22)11-25/h2-5,8-9,15-16H,6-7,10-11,22H2,1H3/t15?,16-/m1/s1. The van der Waals surface area contributed by atoms with E-state index in [9.17, 15) is 12.8 Å². The van der Waals surface area contributed by atoms with Crippen LogP contribution in [0.25, 0.3) is 11.0 Å². The van der Waals surface area contributed by atoms with Gasteiger partial charge in [-0.1, -0.05) is 11.6 Å². The number of alkyl halides is 1. The number of pyridine rings is 1. The Kier molecular flexibility index (Phi) is 5.22. The number of fused-ring (bicyclic) bond motifs is 1. The number of piperidine rings is 1. The van der Waals surface area contributed by atoms with Crippen LogP contribution in [0.2, 0.25) is 5.02 Å². The molecule has 1 saturated heterocycles. The lowest BCUT2D eigenvalue weighted by atomic mass is 10.1. The lowest BCUT2D eigenvalue weighted by Gasteiger charge is -2.34. The van der Waals surface area contributed by atoms with Gasteiger partial charge in [-0.05, 0) is 36.8 Å². The molecule has 2 aromatic heterocycles. The number of aromatic nitrogens is 3. The Hall–Kier alpha value is -2.23. The van der Waals surface area contributed by atoms with Crippen LogP contribution in [0.3, 0.4) is 0 Å². The predicted molar refractivity (Wildman–Crippen MR) is 111 cm³/mol. The van der Waals surface area contributed by atoms with Gasteiger partial charge in [0.05, 0.1) is 39.2 Å². The van der Waals surface area contributed by atoms with Gasteiger partial charge in [0.15, 0.2) is 9.84 Å². The third kappa shape index (κ3) is 4.08. The second-order valence-corrected chi connectivity index (χ2v) is 9.76. The predicted octanol–water partition coefficient (Wildman–Crippen LogP) is 2.41. The summed E-state index contributed by atoms with van der Waals surface area (Å²) in [5, 5.41) is 0.528. The first-order valence-electron chi connectivity index (χ1n) is 9.18. The highest BCUT2D eigenvalue weighted by Gasteiger charge is 2.29. The third-order valence-corrected chi connectivity index (χ3v) is 6.42. The normalized spacial score (nSPS) is 20.3. The third-order valence-electron chi connectivity index (χ3n) is 5.09. The van der Waals surface area contributed by atoms with E-state index in [1.54, 1.807) is 36.5 Å². The lowest BCUT2D eigenvalue weighted by molar-refractivity contribution is 0.243. The van der Waals surface area contributed by atoms with Gasteiger partial charge in [0.2, 0.25) is 5.95 Å². The molecule has 10 heteroatoms. The molecule has 154 valence electrons. The van der Waals surface area contributed by atoms with Gasteiger partial charge in [0.1, 0.15) is 6.17 Å². The van der Waals surface area contributed by atoms with Gasteiger partial charge < -0.3 is 15.2 Å². The molecule has 7 nitrogen and oxygen atoms in total. The van der Waals surface area contributed by atoms with Crippen LogP contribution in [0.5, 0.6) is 0 Å². The molecule has 2 N–H and O–H groups in total. The van der Waals surface area contributed by atoms with Crippen LogP contribution in [0.1, 0.15) is 12.1 Å². The average molecular weight is 438 g/mol. The minimum atomic E-state index is -3.38. The zero-order chi connectivity index (χ0) is 20.8. The first-order valence-corrected chi connectivity index (χ1v) is 11.4. The maximum atomic E-state index is 13.9. The number of rotatable bonds is 4. The SMILES string of the molecule is CS(=O)(=O)c1ccc2nc(N3CCC(F)[C@H](N)C3)n(Cc3ccc(Cl)cn3)c2c1. The van der Waals surface area contributed by atoms with E-state index < -0.39 is 22.1 Å². The van der Waals surface area contributed by atoms with Crippen molar-refractivity contribution in [3.05, 3.63) is 47.2 Å². The first kappa shape index (κ1) is 20.1. The lowest BCUT2D eigenvalue weighted by Crippen LogP contribution is -2.50. The Morgan fingerprint density at radius 3 is 2.76 bits per heavy atom. The highest BCUT2D eigenvalue weighted by atomic mass is 35.5. The number of imidazole rings is 1. The molecule has 4 rings (SSSR count). The Bertz CT molecular complexity index is 1150. The maximum Gasteiger partial charge on any atom is 0.206 e. The second-order valence-electron chi connectivity index (χ2n) is 7.30. The van der Waals surface area contributed by atoms with E-state index in [1.165, 1.54) is 6.26 Å². The quantitative estimate of drug-likeness (QED) is 0.673. The summed E-state index contributed by atoms with van der Waals surface area (Å²) < 4.78 is 39.9. The molecule has 0 bridgehead atoms. The Balaban J connectivity index is 1.83. The van der Waals surface area contributed by atoms with Gasteiger partial charge in [-0.25, -0.2) is 17.8 Å². The van der Waals surface area contributed by atoms with Crippen molar-refractivity contribution in [3.63, 3.8) is 0 Å². The summed E-state index contributed by atoms with van der Waals surface area (Å²) in [6, 6.07) is 7.78. The summed E-state index contributed by atoms with van der Waals surface area (Å²) in [6.45, 7) is 1.17. The van der Waals surface area contributed by atoms with Crippen LogP contribution in [-0.4, -0.2) is 54.5 Å². The van der Waals surface area contributed by atoms with Crippen molar-refractivity contribution in [2.45, 2.75) is 30.1 Å². The first-order chi connectivity index (χ1) is 13.7. The van der Waals surface area contributed by atoms with E-state index in [-0.39, 0.29) is 4.90 Å². The number of halogens is 2. The highest BCUT2D eigenvalue weighted by Crippen LogP contribution is 2.28. The molecule has 29 heavy (non-hydrogen) atoms. The van der Waals surface area contributed by atoms with Crippen molar-refractivity contribution in [3.8, 4) is 0 Å². The largest absolute Gasteiger partial charge is 0.340 e. The molecule has 1 aromatic carbocycles. The molecule has 1 aliphatic rings. The summed E-state index contributed by atoms with van der Waals surface area (Å²) in [5.74, 6) is 0.616. The van der Waals surface area contributed by atoms with Crippen molar-refractivity contribution in [1.82, 2.24) is 14.5 Å². The van der Waals surface area contributed by atoms with Crippen molar-refractivity contribution in [1.29, 1.82) is 0 Å². The van der Waals surface area contributed by atoms with Gasteiger partial charge in [0.25, 0.3) is 0 Å². The molecule has 0 aliphatic carbocycles. The van der Waals surface area contributed by atoms with Crippen LogP contribution in [0.15, 0.2) is 41.4 Å². The number of anilines is 1. The van der Waals surface area contributed by atoms with E-state index >= 15 is 0 Å². The smallest absolute Gasteiger partial charge is 0.206 e. The summed E-state index contributed by atoms with van der Waals surface area (Å²) >= 11 is 5.94. The maximum absolute atomic E-state index is 13.9. The monoisotopic (exact) mass is 437 g/mol. The van der Waals surface area contributed by atoms with Gasteiger partial charge >= 0.3 is 0 Å². The number of benzene rings is 1. The zero-order valence-corrected chi connectivity index (χ0v) is 17.4. The average Bonchev–Trinajstić information content (AvgIpc) is 3.03. The fraction of sp³-hybridized carbons (Fsp3) is 0.368. The molecule has 0 spiro atoms. The molecule has 3 aromatic rings. The number of sulfone groups is 1. The Morgan fingerprint density at radius 1 is 1.31 bits per heavy atom. The van der Waals surface area contributed by atoms with E-state index in [4.69, 9.17) is 22.3 Å². The molecule has 0 radical (unpaired) electrons. The van der Waals surface area contributed by atoms with Gasteiger partial charge in [-0.15, -0.1) is 0 Å². The summed E-state index contributed by atoms with van der Waals surface area (Å²) in [7, 11) is -3.38. The molecular formula is C19H21ClFN5O2S. The van der Waals surface area contributed by atoms with Crippen molar-refractivity contribution >= 4 is 38.4 Å². The topological polar surface area (TPSA) is 94.1 Å². The fourth-order valence-corrected chi connectivity index (χ4v) is 4.27. The second kappa shape index (κ2) is 7.55. The van der Waals surface area contributed by atoms with Crippen LogP contribution >= 0.6 is 11.6 Å². The van der Waals surface area contributed by atoms with Crippen molar-refractivity contribution < 1.29 is 12.8 Å². The van der Waals surface area contributed by atoms with Crippen LogP contribution in [0, 0.1) is 0 Å². The van der Waals surface area contributed by atoms with E-state index in [0.717, 1.165) is 5.69 Å². The van der Waals surface area contributed by atoms with E-state index in [1.807, 2.05) is 9.47 Å². The van der Waals surface area contributed by atoms with E-state index in [0.29, 0.717) is 48.1 Å². The minimum absolute atomic E-state index is 0.209. The van der Waals surface area contributed by atoms with Gasteiger partial charge in [-0.3, -0.25) is 4.98 Å². The fourth-order valence-electron chi connectivity index (χ4n) is 3.51. The van der Waals surface area contributed by atoms with Crippen LogP contribution < -0.4 is 10.6 Å². The minimum Gasteiger partial charge on any atom is -0.340 e. The molecule has 0 amide bonds. The molecule has 1 fully saturated rings. The molecule has 2 atom stereocenters. The summed E-state index contributed by atoms with van der Waals surface area (Å²) in [5.41, 5.74) is 7.99. The van der Waals surface area contributed by atoms with Gasteiger partial charge in [0, 0.05) is 25.5 Å². The van der Waals surface area contributed by atoms with Crippen molar-refractivity contribution in [2.75, 3.05) is 24.2 Å². The number of nitrogens with two attached hydrogens (primary N) is 1. The van der Waals surface area contributed by atoms with Gasteiger partial charge in [-0.2, -0.15) is 0 Å². The molecule has 1 unspecified atom stereocenters. The molecule has 3 heterocycles. The Morgan fingerprint density at radius 2 is 2.10 bits per heavy atom. The zero-order valence-electron chi connectivity index (χ0n) is 15.8. The number of hydrogen-bond acceptors (Lipinski definition) is 6. The van der Waals surface area contributed by atoms with E-state index in [2.05, 4.69) is 4.98 Å². The van der Waals surface area contributed by atoms with Crippen LogP contribution in [-0.2, 0) is 16.4 Å². The Labute approximate surface area is 173 Å². The summed E-state index contributed by atoms with van der Waals surface area (Å²) in [4.78, 5) is 11.2. The van der Waals surface area contributed by atoms with Crippen molar-refractivity contribution in [2.24, 2.45) is 5.73 Å². The van der Waals surface area contributed by atoms with Crippen LogP contribution in [0.4, 0.5) is 10.3 Å². The number of hydrogen-bond donors (Lipinski definition) is 1. The molecular weight excluding hydrogens is 417 g/mol. The summed E-state index contributed by atoms with van der Waals surface area (Å²) in [6.07, 6.45) is 2.00. The molecule has 0 saturated carbocycles. The number of nitrogens with zero attached hydrogens (tertiary/aromatic N) is 4.